The van der Waals surface area contributed by atoms with Crippen LogP contribution >= 0.6 is 0 Å². The lowest BCUT2D eigenvalue weighted by atomic mass is 10.4. The van der Waals surface area contributed by atoms with Gasteiger partial charge in [-0.25, -0.2) is 9.97 Å². The molecule has 1 aromatic rings. The molecule has 0 aliphatic carbocycles. The first-order valence-electron chi connectivity index (χ1n) is 5.39. The van der Waals surface area contributed by atoms with Gasteiger partial charge in [-0.3, -0.25) is 0 Å². The maximum atomic E-state index is 5.40. The predicted octanol–water partition coefficient (Wildman–Crippen LogP) is 2.49. The Morgan fingerprint density at radius 2 is 1.88 bits per heavy atom. The third-order valence-corrected chi connectivity index (χ3v) is 2.43. The lowest BCUT2D eigenvalue weighted by molar-refractivity contribution is 0.231. The average Bonchev–Trinajstić information content (AvgIpc) is 2.14. The molecule has 0 radical (unpaired) electrons. The van der Waals surface area contributed by atoms with Gasteiger partial charge in [0.1, 0.15) is 13.8 Å². The molecule has 3 nitrogen and oxygen atoms in total. The summed E-state index contributed by atoms with van der Waals surface area (Å²) in [5.74, 6) is 3.60. The number of aromatic nitrogens is 2. The molecule has 0 aromatic carbocycles. The maximum Gasteiger partial charge on any atom is 0.232 e. The van der Waals surface area contributed by atoms with E-state index in [-0.39, 0.29) is 6.10 Å². The highest BCUT2D eigenvalue weighted by molar-refractivity contribution is 6.83. The van der Waals surface area contributed by atoms with Crippen molar-refractivity contribution < 1.29 is 4.74 Å². The van der Waals surface area contributed by atoms with Gasteiger partial charge in [0, 0.05) is 0 Å². The summed E-state index contributed by atoms with van der Waals surface area (Å²) in [5, 5.41) is 0. The third kappa shape index (κ3) is 4.94. The molecular formula is C12H18N2OSi. The van der Waals surface area contributed by atoms with Crippen LogP contribution in [0, 0.1) is 11.5 Å². The topological polar surface area (TPSA) is 35.0 Å². The van der Waals surface area contributed by atoms with Crippen LogP contribution in [0.3, 0.4) is 0 Å². The Morgan fingerprint density at radius 3 is 2.31 bits per heavy atom. The highest BCUT2D eigenvalue weighted by Gasteiger charge is 2.07. The summed E-state index contributed by atoms with van der Waals surface area (Å²) in [6.07, 6.45) is 3.40. The van der Waals surface area contributed by atoms with Gasteiger partial charge >= 0.3 is 0 Å². The highest BCUT2D eigenvalue weighted by Crippen LogP contribution is 2.06. The van der Waals surface area contributed by atoms with E-state index in [4.69, 9.17) is 4.74 Å². The summed E-state index contributed by atoms with van der Waals surface area (Å²) >= 11 is 0. The summed E-state index contributed by atoms with van der Waals surface area (Å²) < 4.78 is 5.40. The van der Waals surface area contributed by atoms with E-state index in [0.29, 0.717) is 11.6 Å². The van der Waals surface area contributed by atoms with Crippen LogP contribution in [0.2, 0.25) is 19.6 Å². The van der Waals surface area contributed by atoms with Crippen LogP contribution in [0.25, 0.3) is 0 Å². The van der Waals surface area contributed by atoms with Gasteiger partial charge in [-0.2, -0.15) is 0 Å². The molecule has 16 heavy (non-hydrogen) atoms. The average molecular weight is 234 g/mol. The fraction of sp³-hybridized carbons (Fsp3) is 0.500. The Bertz CT molecular complexity index is 396. The number of rotatable bonds is 2. The minimum absolute atomic E-state index is 0.119. The summed E-state index contributed by atoms with van der Waals surface area (Å²) in [6.45, 7) is 10.5. The summed E-state index contributed by atoms with van der Waals surface area (Å²) in [5.41, 5.74) is 3.95. The summed E-state index contributed by atoms with van der Waals surface area (Å²) in [6, 6.07) is 0. The number of ether oxygens (including phenoxy) is 1. The SMILES string of the molecule is CC(C)Oc1cnc(C#C[Si](C)(C)C)cn1. The lowest BCUT2D eigenvalue weighted by Crippen LogP contribution is -2.16. The van der Waals surface area contributed by atoms with Crippen LogP contribution in [-0.2, 0) is 0 Å². The van der Waals surface area contributed by atoms with Gasteiger partial charge in [0.05, 0.1) is 18.5 Å². The Labute approximate surface area is 98.3 Å². The van der Waals surface area contributed by atoms with Crippen molar-refractivity contribution in [3.8, 4) is 17.3 Å². The second-order valence-corrected chi connectivity index (χ2v) is 9.66. The van der Waals surface area contributed by atoms with Gasteiger partial charge in [0.2, 0.25) is 5.88 Å². The van der Waals surface area contributed by atoms with Crippen LogP contribution in [0.15, 0.2) is 12.4 Å². The van der Waals surface area contributed by atoms with Crippen molar-refractivity contribution in [3.05, 3.63) is 18.1 Å². The number of hydrogen-bond donors (Lipinski definition) is 0. The van der Waals surface area contributed by atoms with E-state index in [1.165, 1.54) is 0 Å². The standard InChI is InChI=1S/C12H18N2OSi/c1-10(2)15-12-9-13-11(8-14-12)6-7-16(3,4)5/h8-10H,1-5H3. The molecule has 0 N–H and O–H groups in total. The van der Waals surface area contributed by atoms with E-state index < -0.39 is 8.07 Å². The molecule has 0 bridgehead atoms. The molecule has 0 amide bonds. The molecule has 0 saturated carbocycles. The Kier molecular flexibility index (Phi) is 4.08. The molecule has 1 aromatic heterocycles. The number of nitrogens with zero attached hydrogens (tertiary/aromatic N) is 2. The maximum absolute atomic E-state index is 5.40. The zero-order chi connectivity index (χ0) is 12.2. The lowest BCUT2D eigenvalue weighted by Gasteiger charge is -2.07. The molecule has 86 valence electrons. The van der Waals surface area contributed by atoms with E-state index in [0.717, 1.165) is 0 Å². The first-order chi connectivity index (χ1) is 7.37. The highest BCUT2D eigenvalue weighted by atomic mass is 28.3. The molecule has 1 rings (SSSR count). The van der Waals surface area contributed by atoms with Crippen molar-refractivity contribution in [2.24, 2.45) is 0 Å². The van der Waals surface area contributed by atoms with Gasteiger partial charge in [0.25, 0.3) is 0 Å². The fourth-order valence-electron chi connectivity index (χ4n) is 0.935. The molecule has 0 aliphatic heterocycles. The Balaban J connectivity index is 2.75. The Hall–Kier alpha value is -1.34. The minimum Gasteiger partial charge on any atom is -0.474 e. The molecule has 0 atom stereocenters. The minimum atomic E-state index is -1.34. The quantitative estimate of drug-likeness (QED) is 0.582. The van der Waals surface area contributed by atoms with E-state index >= 15 is 0 Å². The molecule has 0 spiro atoms. The monoisotopic (exact) mass is 234 g/mol. The molecule has 0 saturated heterocycles. The molecule has 1 heterocycles. The van der Waals surface area contributed by atoms with Crippen molar-refractivity contribution in [2.45, 2.75) is 39.6 Å². The first-order valence-corrected chi connectivity index (χ1v) is 8.89. The smallest absolute Gasteiger partial charge is 0.232 e. The molecule has 4 heteroatoms. The van der Waals surface area contributed by atoms with Gasteiger partial charge in [-0.1, -0.05) is 25.6 Å². The van der Waals surface area contributed by atoms with Gasteiger partial charge < -0.3 is 4.74 Å². The van der Waals surface area contributed by atoms with Gasteiger partial charge in [-0.15, -0.1) is 5.54 Å². The van der Waals surface area contributed by atoms with Crippen LogP contribution < -0.4 is 4.74 Å². The van der Waals surface area contributed by atoms with E-state index in [1.54, 1.807) is 12.4 Å². The van der Waals surface area contributed by atoms with Crippen molar-refractivity contribution >= 4 is 8.07 Å². The normalized spacial score (nSPS) is 10.9. The van der Waals surface area contributed by atoms with Crippen LogP contribution in [-0.4, -0.2) is 24.1 Å². The third-order valence-electron chi connectivity index (χ3n) is 1.55. The number of hydrogen-bond acceptors (Lipinski definition) is 3. The molecule has 0 fully saturated rings. The van der Waals surface area contributed by atoms with Crippen molar-refractivity contribution in [3.63, 3.8) is 0 Å². The summed E-state index contributed by atoms with van der Waals surface area (Å²) in [4.78, 5) is 8.34. The zero-order valence-corrected chi connectivity index (χ0v) is 11.5. The van der Waals surface area contributed by atoms with Crippen LogP contribution in [0.5, 0.6) is 5.88 Å². The molecule has 0 aliphatic rings. The van der Waals surface area contributed by atoms with Crippen molar-refractivity contribution in [1.82, 2.24) is 9.97 Å². The van der Waals surface area contributed by atoms with Crippen molar-refractivity contribution in [1.29, 1.82) is 0 Å². The zero-order valence-electron chi connectivity index (χ0n) is 10.5. The predicted molar refractivity (Wildman–Crippen MR) is 68.0 cm³/mol. The van der Waals surface area contributed by atoms with Crippen LogP contribution in [0.4, 0.5) is 0 Å². The molecule has 0 unspecified atom stereocenters. The Morgan fingerprint density at radius 1 is 1.19 bits per heavy atom. The summed E-state index contributed by atoms with van der Waals surface area (Å²) in [7, 11) is -1.34. The van der Waals surface area contributed by atoms with E-state index in [9.17, 15) is 0 Å². The van der Waals surface area contributed by atoms with Gasteiger partial charge in [0.15, 0.2) is 0 Å². The van der Waals surface area contributed by atoms with Crippen molar-refractivity contribution in [2.75, 3.05) is 0 Å². The van der Waals surface area contributed by atoms with E-state index in [2.05, 4.69) is 41.1 Å². The second-order valence-electron chi connectivity index (χ2n) is 4.91. The fourth-order valence-corrected chi connectivity index (χ4v) is 1.44. The van der Waals surface area contributed by atoms with E-state index in [1.807, 2.05) is 13.8 Å². The largest absolute Gasteiger partial charge is 0.474 e. The van der Waals surface area contributed by atoms with Crippen LogP contribution in [0.1, 0.15) is 19.5 Å². The first kappa shape index (κ1) is 12.7. The molecular weight excluding hydrogens is 216 g/mol. The second kappa shape index (κ2) is 5.13. The van der Waals surface area contributed by atoms with Gasteiger partial charge in [-0.05, 0) is 13.8 Å².